The molecule has 1 aliphatic heterocycles. The lowest BCUT2D eigenvalue weighted by molar-refractivity contribution is 0.0733. The maximum Gasteiger partial charge on any atom is 0.271 e. The molecule has 0 aliphatic carbocycles. The molecular formula is C28H32ClF3N4O5S. The number of aromatic nitrogens is 1. The van der Waals surface area contributed by atoms with Crippen molar-refractivity contribution in [2.75, 3.05) is 64.3 Å². The van der Waals surface area contributed by atoms with E-state index in [-0.39, 0.29) is 23.5 Å². The second-order valence-corrected chi connectivity index (χ2v) is 12.2. The number of sulfonamides is 1. The highest BCUT2D eigenvalue weighted by atomic mass is 35.5. The zero-order valence-electron chi connectivity index (χ0n) is 23.8. The van der Waals surface area contributed by atoms with Gasteiger partial charge in [0, 0.05) is 50.4 Å². The molecule has 42 heavy (non-hydrogen) atoms. The molecule has 9 nitrogen and oxygen atoms in total. The number of nitrogens with zero attached hydrogens (tertiary/aromatic N) is 4. The number of hydrogen-bond donors (Lipinski definition) is 0. The van der Waals surface area contributed by atoms with E-state index in [1.54, 1.807) is 18.1 Å². The van der Waals surface area contributed by atoms with Crippen LogP contribution in [-0.4, -0.2) is 79.5 Å². The molecule has 2 aromatic carbocycles. The average molecular weight is 629 g/mol. The van der Waals surface area contributed by atoms with Crippen LogP contribution in [0.5, 0.6) is 11.5 Å². The first-order chi connectivity index (χ1) is 19.9. The van der Waals surface area contributed by atoms with Crippen LogP contribution in [0.3, 0.4) is 0 Å². The first kappa shape index (κ1) is 31.7. The molecule has 2 heterocycles. The van der Waals surface area contributed by atoms with E-state index in [1.807, 2.05) is 19.0 Å². The van der Waals surface area contributed by atoms with Crippen molar-refractivity contribution in [3.8, 4) is 11.5 Å². The van der Waals surface area contributed by atoms with E-state index in [9.17, 15) is 12.8 Å². The molecule has 0 saturated carbocycles. The molecule has 0 spiro atoms. The Balaban J connectivity index is 1.79. The summed E-state index contributed by atoms with van der Waals surface area (Å²) in [6, 6.07) is 8.95. The van der Waals surface area contributed by atoms with Gasteiger partial charge < -0.3 is 24.0 Å². The number of anilines is 2. The monoisotopic (exact) mass is 628 g/mol. The Hall–Kier alpha value is -3.26. The van der Waals surface area contributed by atoms with Crippen LogP contribution in [0.2, 0.25) is 5.02 Å². The number of rotatable bonds is 11. The van der Waals surface area contributed by atoms with E-state index in [0.29, 0.717) is 35.3 Å². The van der Waals surface area contributed by atoms with Gasteiger partial charge in [-0.05, 0) is 38.4 Å². The minimum absolute atomic E-state index is 0.00109. The number of pyridine rings is 1. The minimum atomic E-state index is -5.04. The number of benzene rings is 2. The van der Waals surface area contributed by atoms with E-state index in [1.165, 1.54) is 38.5 Å². The van der Waals surface area contributed by atoms with Crippen LogP contribution >= 0.6 is 11.6 Å². The first-order valence-corrected chi connectivity index (χ1v) is 14.7. The van der Waals surface area contributed by atoms with Crippen molar-refractivity contribution in [3.63, 3.8) is 0 Å². The second kappa shape index (κ2) is 12.9. The molecule has 1 fully saturated rings. The van der Waals surface area contributed by atoms with Crippen molar-refractivity contribution < 1.29 is 35.8 Å². The van der Waals surface area contributed by atoms with Gasteiger partial charge >= 0.3 is 0 Å². The standard InChI is InChI=1S/C28H32ClF3N4O5S/c1-34(2)13-18-14-35(16-23(18)41-5)21-12-20(30)28(27(32)26(21)29)42(37,38)36(25-8-6-7-24(31)33-25)15-17-9-10-19(39-3)11-22(17)40-4/h6-12,18,23H,13-16H2,1-5H3/t18-,23-/m0/s1. The summed E-state index contributed by atoms with van der Waals surface area (Å²) in [6.45, 7) is 0.848. The molecule has 2 atom stereocenters. The fraction of sp³-hybridized carbons (Fsp3) is 0.393. The summed E-state index contributed by atoms with van der Waals surface area (Å²) in [7, 11) is 3.14. The van der Waals surface area contributed by atoms with Gasteiger partial charge in [-0.2, -0.15) is 4.39 Å². The Kier molecular flexibility index (Phi) is 9.76. The van der Waals surface area contributed by atoms with E-state index in [2.05, 4.69) is 4.98 Å². The third kappa shape index (κ3) is 6.38. The van der Waals surface area contributed by atoms with Crippen LogP contribution in [0.15, 0.2) is 47.4 Å². The van der Waals surface area contributed by atoms with Crippen LogP contribution < -0.4 is 18.7 Å². The van der Waals surface area contributed by atoms with E-state index >= 15 is 8.78 Å². The van der Waals surface area contributed by atoms with Crippen LogP contribution in [0.25, 0.3) is 0 Å². The molecule has 1 aromatic heterocycles. The zero-order chi connectivity index (χ0) is 30.8. The summed E-state index contributed by atoms with van der Waals surface area (Å²) >= 11 is 6.39. The number of methoxy groups -OCH3 is 3. The SMILES string of the molecule is COc1ccc(CN(c2cccc(F)n2)S(=O)(=O)c2c(F)cc(N3C[C@H](CN(C)C)[C@@H](OC)C3)c(Cl)c2F)c(OC)c1. The van der Waals surface area contributed by atoms with Gasteiger partial charge in [0.2, 0.25) is 5.95 Å². The summed E-state index contributed by atoms with van der Waals surface area (Å²) in [5, 5.41) is -0.565. The fourth-order valence-corrected chi connectivity index (χ4v) is 6.89. The van der Waals surface area contributed by atoms with E-state index in [0.717, 1.165) is 12.1 Å². The topological polar surface area (TPSA) is 84.4 Å². The summed E-state index contributed by atoms with van der Waals surface area (Å²) in [5.74, 6) is -3.55. The molecule has 228 valence electrons. The Bertz CT molecular complexity index is 1550. The molecule has 0 bridgehead atoms. The van der Waals surface area contributed by atoms with Crippen molar-refractivity contribution in [2.24, 2.45) is 5.92 Å². The van der Waals surface area contributed by atoms with Crippen molar-refractivity contribution in [3.05, 3.63) is 70.6 Å². The molecule has 0 amide bonds. The predicted octanol–water partition coefficient (Wildman–Crippen LogP) is 4.58. The molecule has 3 aromatic rings. The van der Waals surface area contributed by atoms with Crippen molar-refractivity contribution >= 4 is 33.1 Å². The largest absolute Gasteiger partial charge is 0.497 e. The van der Waals surface area contributed by atoms with Gasteiger partial charge in [0.15, 0.2) is 10.7 Å². The van der Waals surface area contributed by atoms with E-state index < -0.39 is 49.9 Å². The van der Waals surface area contributed by atoms with Crippen molar-refractivity contribution in [2.45, 2.75) is 17.5 Å². The smallest absolute Gasteiger partial charge is 0.271 e. The third-order valence-corrected chi connectivity index (χ3v) is 9.18. The summed E-state index contributed by atoms with van der Waals surface area (Å²) in [5.41, 5.74) is 0.298. The molecule has 0 unspecified atom stereocenters. The fourth-order valence-electron chi connectivity index (χ4n) is 5.05. The van der Waals surface area contributed by atoms with Gasteiger partial charge in [0.05, 0.1) is 32.6 Å². The summed E-state index contributed by atoms with van der Waals surface area (Å²) < 4.78 is 90.6. The third-order valence-electron chi connectivity index (χ3n) is 7.03. The Labute approximate surface area is 248 Å². The van der Waals surface area contributed by atoms with Gasteiger partial charge in [-0.3, -0.25) is 0 Å². The van der Waals surface area contributed by atoms with Gasteiger partial charge in [-0.15, -0.1) is 0 Å². The molecule has 14 heteroatoms. The van der Waals surface area contributed by atoms with Gasteiger partial charge in [0.25, 0.3) is 10.0 Å². The van der Waals surface area contributed by atoms with Crippen molar-refractivity contribution in [1.82, 2.24) is 9.88 Å². The first-order valence-electron chi connectivity index (χ1n) is 12.9. The molecule has 1 saturated heterocycles. The number of halogens is 4. The zero-order valence-corrected chi connectivity index (χ0v) is 25.3. The highest BCUT2D eigenvalue weighted by Gasteiger charge is 2.39. The Morgan fingerprint density at radius 3 is 2.40 bits per heavy atom. The molecule has 1 aliphatic rings. The average Bonchev–Trinajstić information content (AvgIpc) is 3.35. The molecular weight excluding hydrogens is 597 g/mol. The van der Waals surface area contributed by atoms with Gasteiger partial charge in [0.1, 0.15) is 28.2 Å². The predicted molar refractivity (Wildman–Crippen MR) is 154 cm³/mol. The Morgan fingerprint density at radius 2 is 1.79 bits per heavy atom. The lowest BCUT2D eigenvalue weighted by Gasteiger charge is -2.26. The molecule has 0 radical (unpaired) electrons. The maximum atomic E-state index is 15.9. The van der Waals surface area contributed by atoms with E-state index in [4.69, 9.17) is 25.8 Å². The highest BCUT2D eigenvalue weighted by Crippen LogP contribution is 2.40. The quantitative estimate of drug-likeness (QED) is 0.226. The van der Waals surface area contributed by atoms with Gasteiger partial charge in [-0.25, -0.2) is 26.5 Å². The second-order valence-electron chi connectivity index (χ2n) is 10.0. The lowest BCUT2D eigenvalue weighted by atomic mass is 10.1. The van der Waals surface area contributed by atoms with Gasteiger partial charge in [-0.1, -0.05) is 17.7 Å². The summed E-state index contributed by atoms with van der Waals surface area (Å²) in [4.78, 5) is 6.03. The van der Waals surface area contributed by atoms with Crippen molar-refractivity contribution in [1.29, 1.82) is 0 Å². The Morgan fingerprint density at radius 1 is 1.05 bits per heavy atom. The number of hydrogen-bond acceptors (Lipinski definition) is 8. The lowest BCUT2D eigenvalue weighted by Crippen LogP contribution is -2.33. The normalized spacial score (nSPS) is 17.1. The molecule has 0 N–H and O–H groups in total. The van der Waals surface area contributed by atoms with Crippen LogP contribution in [0.4, 0.5) is 24.7 Å². The maximum absolute atomic E-state index is 15.9. The minimum Gasteiger partial charge on any atom is -0.497 e. The van der Waals surface area contributed by atoms with Crippen LogP contribution in [0.1, 0.15) is 5.56 Å². The molecule has 4 rings (SSSR count). The summed E-state index contributed by atoms with van der Waals surface area (Å²) in [6.07, 6.45) is -0.230. The number of ether oxygens (including phenoxy) is 3. The highest BCUT2D eigenvalue weighted by molar-refractivity contribution is 7.92. The van der Waals surface area contributed by atoms with Crippen LogP contribution in [0, 0.1) is 23.5 Å². The van der Waals surface area contributed by atoms with Crippen LogP contribution in [-0.2, 0) is 21.3 Å².